The van der Waals surface area contributed by atoms with Crippen LogP contribution in [-0.4, -0.2) is 6.61 Å². The van der Waals surface area contributed by atoms with Gasteiger partial charge in [-0.1, -0.05) is 50.1 Å². The number of hydrogen-bond donors (Lipinski definition) is 0. The van der Waals surface area contributed by atoms with E-state index in [1.165, 1.54) is 5.56 Å². The SMILES string of the molecule is CCOc1ccc(C(Cl)Cc2ccc(Br)cc2)c(Br)c1. The Kier molecular flexibility index (Phi) is 5.94. The highest BCUT2D eigenvalue weighted by atomic mass is 79.9. The summed E-state index contributed by atoms with van der Waals surface area (Å²) in [7, 11) is 0. The second-order valence-corrected chi connectivity index (χ2v) is 6.71. The molecule has 4 heteroatoms. The number of rotatable bonds is 5. The summed E-state index contributed by atoms with van der Waals surface area (Å²) in [5.74, 6) is 0.857. The number of halogens is 3. The minimum absolute atomic E-state index is 0.0683. The van der Waals surface area contributed by atoms with Crippen molar-refractivity contribution in [3.8, 4) is 5.75 Å². The zero-order valence-corrected chi connectivity index (χ0v) is 15.0. The van der Waals surface area contributed by atoms with Gasteiger partial charge >= 0.3 is 0 Å². The Balaban J connectivity index is 2.12. The van der Waals surface area contributed by atoms with Crippen LogP contribution >= 0.6 is 43.5 Å². The molecule has 0 aliphatic carbocycles. The monoisotopic (exact) mass is 416 g/mol. The van der Waals surface area contributed by atoms with Crippen molar-refractivity contribution in [1.29, 1.82) is 0 Å². The van der Waals surface area contributed by atoms with E-state index in [4.69, 9.17) is 16.3 Å². The highest BCUT2D eigenvalue weighted by molar-refractivity contribution is 9.10. The molecule has 0 heterocycles. The molecule has 0 radical (unpaired) electrons. The normalized spacial score (nSPS) is 12.2. The summed E-state index contributed by atoms with van der Waals surface area (Å²) in [6.07, 6.45) is 0.793. The molecule has 0 aromatic heterocycles. The smallest absolute Gasteiger partial charge is 0.120 e. The fourth-order valence-electron chi connectivity index (χ4n) is 1.96. The van der Waals surface area contributed by atoms with Gasteiger partial charge in [-0.05, 0) is 48.7 Å². The van der Waals surface area contributed by atoms with E-state index in [1.807, 2.05) is 37.3 Å². The van der Waals surface area contributed by atoms with Crippen molar-refractivity contribution in [2.45, 2.75) is 18.7 Å². The van der Waals surface area contributed by atoms with E-state index < -0.39 is 0 Å². The highest BCUT2D eigenvalue weighted by Crippen LogP contribution is 2.33. The third-order valence-electron chi connectivity index (χ3n) is 2.95. The van der Waals surface area contributed by atoms with Gasteiger partial charge in [0.25, 0.3) is 0 Å². The first kappa shape index (κ1) is 15.9. The summed E-state index contributed by atoms with van der Waals surface area (Å²) in [4.78, 5) is 0. The highest BCUT2D eigenvalue weighted by Gasteiger charge is 2.13. The van der Waals surface area contributed by atoms with Gasteiger partial charge in [-0.2, -0.15) is 0 Å². The van der Waals surface area contributed by atoms with E-state index in [0.717, 1.165) is 26.7 Å². The Morgan fingerprint density at radius 1 is 1.10 bits per heavy atom. The van der Waals surface area contributed by atoms with E-state index in [-0.39, 0.29) is 5.38 Å². The van der Waals surface area contributed by atoms with Gasteiger partial charge in [-0.25, -0.2) is 0 Å². The van der Waals surface area contributed by atoms with E-state index in [0.29, 0.717) is 6.61 Å². The molecule has 0 fully saturated rings. The van der Waals surface area contributed by atoms with Gasteiger partial charge < -0.3 is 4.74 Å². The van der Waals surface area contributed by atoms with Gasteiger partial charge in [0.05, 0.1) is 12.0 Å². The summed E-state index contributed by atoms with van der Waals surface area (Å²) >= 11 is 13.5. The number of hydrogen-bond acceptors (Lipinski definition) is 1. The largest absolute Gasteiger partial charge is 0.494 e. The molecule has 0 aliphatic heterocycles. The quantitative estimate of drug-likeness (QED) is 0.531. The minimum atomic E-state index is -0.0683. The van der Waals surface area contributed by atoms with Crippen LogP contribution in [0.3, 0.4) is 0 Å². The number of benzene rings is 2. The molecule has 1 unspecified atom stereocenters. The third-order valence-corrected chi connectivity index (χ3v) is 4.55. The van der Waals surface area contributed by atoms with Crippen molar-refractivity contribution in [1.82, 2.24) is 0 Å². The summed E-state index contributed by atoms with van der Waals surface area (Å²) in [6.45, 7) is 2.63. The van der Waals surface area contributed by atoms with Gasteiger partial charge in [0.2, 0.25) is 0 Å². The van der Waals surface area contributed by atoms with Crippen LogP contribution < -0.4 is 4.74 Å². The second kappa shape index (κ2) is 7.48. The Hall–Kier alpha value is -0.510. The predicted molar refractivity (Wildman–Crippen MR) is 91.8 cm³/mol. The fraction of sp³-hybridized carbons (Fsp3) is 0.250. The molecule has 2 rings (SSSR count). The van der Waals surface area contributed by atoms with Crippen LogP contribution in [0.2, 0.25) is 0 Å². The van der Waals surface area contributed by atoms with Crippen LogP contribution in [0.25, 0.3) is 0 Å². The van der Waals surface area contributed by atoms with E-state index in [2.05, 4.69) is 44.0 Å². The molecule has 1 atom stereocenters. The average Bonchev–Trinajstić information content (AvgIpc) is 2.42. The average molecular weight is 419 g/mol. The first-order valence-corrected chi connectivity index (χ1v) is 8.43. The van der Waals surface area contributed by atoms with E-state index in [1.54, 1.807) is 0 Å². The van der Waals surface area contributed by atoms with Crippen LogP contribution in [0.15, 0.2) is 51.4 Å². The lowest BCUT2D eigenvalue weighted by atomic mass is 10.0. The lowest BCUT2D eigenvalue weighted by Crippen LogP contribution is -1.98. The van der Waals surface area contributed by atoms with Crippen LogP contribution in [-0.2, 0) is 6.42 Å². The zero-order valence-electron chi connectivity index (χ0n) is 11.1. The second-order valence-electron chi connectivity index (χ2n) is 4.41. The van der Waals surface area contributed by atoms with Crippen molar-refractivity contribution in [2.24, 2.45) is 0 Å². The topological polar surface area (TPSA) is 9.23 Å². The maximum absolute atomic E-state index is 6.53. The molecule has 0 spiro atoms. The Labute approximate surface area is 141 Å². The van der Waals surface area contributed by atoms with Crippen LogP contribution in [0, 0.1) is 0 Å². The zero-order chi connectivity index (χ0) is 14.5. The maximum Gasteiger partial charge on any atom is 0.120 e. The lowest BCUT2D eigenvalue weighted by molar-refractivity contribution is 0.340. The minimum Gasteiger partial charge on any atom is -0.494 e. The van der Waals surface area contributed by atoms with Gasteiger partial charge in [-0.3, -0.25) is 0 Å². The van der Waals surface area contributed by atoms with Gasteiger partial charge in [-0.15, -0.1) is 11.6 Å². The lowest BCUT2D eigenvalue weighted by Gasteiger charge is -2.13. The first-order valence-electron chi connectivity index (χ1n) is 6.41. The van der Waals surface area contributed by atoms with Gasteiger partial charge in [0.1, 0.15) is 5.75 Å². The Morgan fingerprint density at radius 2 is 1.80 bits per heavy atom. The van der Waals surface area contributed by atoms with Crippen molar-refractivity contribution in [3.05, 3.63) is 62.5 Å². The number of alkyl halides is 1. The maximum atomic E-state index is 6.53. The Morgan fingerprint density at radius 3 is 2.40 bits per heavy atom. The standard InChI is InChI=1S/C16H15Br2ClO/c1-2-20-13-7-8-14(15(18)10-13)16(19)9-11-3-5-12(17)6-4-11/h3-8,10,16H,2,9H2,1H3. The first-order chi connectivity index (χ1) is 9.60. The van der Waals surface area contributed by atoms with Crippen LogP contribution in [0.4, 0.5) is 0 Å². The summed E-state index contributed by atoms with van der Waals surface area (Å²) in [5, 5.41) is -0.0683. The van der Waals surface area contributed by atoms with Crippen molar-refractivity contribution < 1.29 is 4.74 Å². The predicted octanol–water partition coefficient (Wildman–Crippen LogP) is 6.13. The molecule has 0 aliphatic rings. The molecular weight excluding hydrogens is 403 g/mol. The van der Waals surface area contributed by atoms with Crippen molar-refractivity contribution in [2.75, 3.05) is 6.61 Å². The molecule has 106 valence electrons. The molecule has 0 bridgehead atoms. The summed E-state index contributed by atoms with van der Waals surface area (Å²) in [5.41, 5.74) is 2.30. The molecule has 0 amide bonds. The molecule has 20 heavy (non-hydrogen) atoms. The molecular formula is C16H15Br2ClO. The van der Waals surface area contributed by atoms with Gasteiger partial charge in [0, 0.05) is 8.95 Å². The van der Waals surface area contributed by atoms with Crippen LogP contribution in [0.5, 0.6) is 5.75 Å². The third kappa shape index (κ3) is 4.24. The molecule has 2 aromatic carbocycles. The number of ether oxygens (including phenoxy) is 1. The van der Waals surface area contributed by atoms with Crippen LogP contribution in [0.1, 0.15) is 23.4 Å². The Bertz CT molecular complexity index is 569. The van der Waals surface area contributed by atoms with Crippen molar-refractivity contribution >= 4 is 43.5 Å². The van der Waals surface area contributed by atoms with Gasteiger partial charge in [0.15, 0.2) is 0 Å². The fourth-order valence-corrected chi connectivity index (χ4v) is 3.35. The molecule has 1 nitrogen and oxygen atoms in total. The molecule has 0 saturated carbocycles. The van der Waals surface area contributed by atoms with E-state index in [9.17, 15) is 0 Å². The van der Waals surface area contributed by atoms with Crippen molar-refractivity contribution in [3.63, 3.8) is 0 Å². The summed E-state index contributed by atoms with van der Waals surface area (Å²) in [6, 6.07) is 14.2. The molecule has 0 saturated heterocycles. The molecule has 2 aromatic rings. The molecule has 0 N–H and O–H groups in total. The van der Waals surface area contributed by atoms with E-state index >= 15 is 0 Å². The summed E-state index contributed by atoms with van der Waals surface area (Å²) < 4.78 is 7.54.